The lowest BCUT2D eigenvalue weighted by molar-refractivity contribution is -0.216. The van der Waals surface area contributed by atoms with Crippen molar-refractivity contribution in [1.29, 1.82) is 0 Å². The molecule has 0 saturated carbocycles. The minimum absolute atomic E-state index is 0.0335. The standard InChI is InChI=1S/C37H43N6O9P/c1-21(2)28(33(45)47-18-24-14-8-7-12-22(24)3)42-53(46,51-26-17-11-15-23-13-9-10-16-25(23)26)48-19-27-30-37(6,52-36(4,5)50-30)34(49-27)43-20-39-29-31(43)40-35(38)41-32(29)44/h7-17,20-21,27-28,30,34H,18-19H2,1-6H3,(H,42,46)(H3,38,40,41,44)/t27-,28+,30-,34-,37-,53?/m1/s1. The Kier molecular flexibility index (Phi) is 9.68. The van der Waals surface area contributed by atoms with E-state index in [0.717, 1.165) is 16.5 Å². The highest BCUT2D eigenvalue weighted by molar-refractivity contribution is 7.52. The molecule has 2 saturated heterocycles. The normalized spacial score (nSPS) is 23.9. The third-order valence-corrected chi connectivity index (χ3v) is 11.0. The molecule has 16 heteroatoms. The van der Waals surface area contributed by atoms with E-state index < -0.39 is 55.1 Å². The van der Waals surface area contributed by atoms with Crippen molar-refractivity contribution in [3.63, 3.8) is 0 Å². The lowest BCUT2D eigenvalue weighted by Gasteiger charge is -2.30. The van der Waals surface area contributed by atoms with Crippen LogP contribution in [0.1, 0.15) is 52.0 Å². The van der Waals surface area contributed by atoms with Crippen LogP contribution in [-0.2, 0) is 39.4 Å². The van der Waals surface area contributed by atoms with Crippen LogP contribution in [0.5, 0.6) is 5.75 Å². The number of esters is 1. The van der Waals surface area contributed by atoms with E-state index in [-0.39, 0.29) is 42.0 Å². The number of aryl methyl sites for hydroxylation is 1. The van der Waals surface area contributed by atoms with Gasteiger partial charge in [-0.05, 0) is 56.2 Å². The number of hydrogen-bond acceptors (Lipinski definition) is 12. The molecule has 53 heavy (non-hydrogen) atoms. The third-order valence-electron chi connectivity index (χ3n) is 9.50. The number of anilines is 1. The second kappa shape index (κ2) is 14.0. The highest BCUT2D eigenvalue weighted by Crippen LogP contribution is 2.53. The molecule has 6 atom stereocenters. The number of benzene rings is 3. The molecule has 0 bridgehead atoms. The van der Waals surface area contributed by atoms with Crippen molar-refractivity contribution in [2.75, 3.05) is 12.3 Å². The summed E-state index contributed by atoms with van der Waals surface area (Å²) in [5.74, 6) is -1.87. The molecule has 280 valence electrons. The number of nitrogens with zero attached hydrogens (tertiary/aromatic N) is 3. The molecule has 2 aromatic heterocycles. The number of rotatable bonds is 12. The average molecular weight is 747 g/mol. The minimum Gasteiger partial charge on any atom is -0.460 e. The number of hydrogen-bond donors (Lipinski definition) is 3. The number of H-pyrrole nitrogens is 1. The summed E-state index contributed by atoms with van der Waals surface area (Å²) in [4.78, 5) is 37.2. The van der Waals surface area contributed by atoms with Gasteiger partial charge >= 0.3 is 13.7 Å². The van der Waals surface area contributed by atoms with Crippen LogP contribution >= 0.6 is 7.75 Å². The summed E-state index contributed by atoms with van der Waals surface area (Å²) in [5, 5.41) is 4.46. The summed E-state index contributed by atoms with van der Waals surface area (Å²) in [7, 11) is -4.41. The molecule has 3 aromatic carbocycles. The van der Waals surface area contributed by atoms with E-state index in [1.54, 1.807) is 44.4 Å². The van der Waals surface area contributed by atoms with Gasteiger partial charge in [-0.3, -0.25) is 23.7 Å². The van der Waals surface area contributed by atoms with Gasteiger partial charge in [0.25, 0.3) is 5.56 Å². The van der Waals surface area contributed by atoms with Crippen molar-refractivity contribution in [3.8, 4) is 5.75 Å². The molecule has 7 rings (SSSR count). The van der Waals surface area contributed by atoms with E-state index >= 15 is 4.57 Å². The Hall–Kier alpha value is -4.63. The van der Waals surface area contributed by atoms with Crippen molar-refractivity contribution in [2.45, 2.75) is 84.0 Å². The predicted molar refractivity (Wildman–Crippen MR) is 196 cm³/mol. The smallest absolute Gasteiger partial charge is 0.459 e. The van der Waals surface area contributed by atoms with Crippen LogP contribution in [0.3, 0.4) is 0 Å². The molecule has 4 heterocycles. The molecule has 1 unspecified atom stereocenters. The molecular formula is C37H43N6O9P. The Bertz CT molecular complexity index is 2270. The molecule has 0 radical (unpaired) electrons. The van der Waals surface area contributed by atoms with Crippen molar-refractivity contribution in [2.24, 2.45) is 5.92 Å². The SMILES string of the molecule is Cc1ccccc1COC(=O)[C@@H](NP(=O)(OC[C@H]1O[C@@H](n2cnc3c(=O)[nH]c(N)nc32)[C@]2(C)OC(C)(C)O[C@H]12)Oc1cccc2ccccc12)C(C)C. The lowest BCUT2D eigenvalue weighted by atomic mass is 9.96. The molecule has 0 spiro atoms. The van der Waals surface area contributed by atoms with Gasteiger partial charge in [-0.15, -0.1) is 0 Å². The van der Waals surface area contributed by atoms with Crippen LogP contribution in [-0.4, -0.2) is 61.7 Å². The van der Waals surface area contributed by atoms with E-state index in [1.165, 1.54) is 6.33 Å². The number of fused-ring (bicyclic) bond motifs is 3. The molecule has 2 aliphatic rings. The number of nitrogens with two attached hydrogens (primary N) is 1. The fourth-order valence-corrected chi connectivity index (χ4v) is 8.63. The predicted octanol–water partition coefficient (Wildman–Crippen LogP) is 5.53. The van der Waals surface area contributed by atoms with Gasteiger partial charge in [0.15, 0.2) is 23.2 Å². The molecule has 0 aliphatic carbocycles. The van der Waals surface area contributed by atoms with Crippen molar-refractivity contribution in [3.05, 3.63) is 94.5 Å². The number of aromatic nitrogens is 4. The number of carbonyl (C=O) groups excluding carboxylic acids is 1. The van der Waals surface area contributed by atoms with Crippen LogP contribution in [0.15, 0.2) is 77.9 Å². The van der Waals surface area contributed by atoms with E-state index in [1.807, 2.05) is 68.4 Å². The fourth-order valence-electron chi connectivity index (χ4n) is 6.95. The Balaban J connectivity index is 1.20. The minimum atomic E-state index is -4.41. The summed E-state index contributed by atoms with van der Waals surface area (Å²) in [6, 6.07) is 19.4. The van der Waals surface area contributed by atoms with Crippen LogP contribution < -0.4 is 20.9 Å². The molecular weight excluding hydrogens is 703 g/mol. The Morgan fingerprint density at radius 3 is 2.60 bits per heavy atom. The summed E-state index contributed by atoms with van der Waals surface area (Å²) >= 11 is 0. The van der Waals surface area contributed by atoms with Crippen LogP contribution in [0.25, 0.3) is 21.9 Å². The largest absolute Gasteiger partial charge is 0.460 e. The highest BCUT2D eigenvalue weighted by Gasteiger charge is 2.64. The maximum absolute atomic E-state index is 15.0. The van der Waals surface area contributed by atoms with Gasteiger partial charge in [-0.1, -0.05) is 74.5 Å². The van der Waals surface area contributed by atoms with Gasteiger partial charge in [0, 0.05) is 5.39 Å². The number of nitrogens with one attached hydrogen (secondary N) is 2. The quantitative estimate of drug-likeness (QED) is 0.107. The van der Waals surface area contributed by atoms with E-state index in [2.05, 4.69) is 20.0 Å². The number of nitrogen functional groups attached to an aromatic ring is 1. The van der Waals surface area contributed by atoms with E-state index in [9.17, 15) is 9.59 Å². The Morgan fingerprint density at radius 2 is 1.83 bits per heavy atom. The van der Waals surface area contributed by atoms with Gasteiger partial charge in [0.05, 0.1) is 12.9 Å². The third kappa shape index (κ3) is 7.20. The first-order valence-electron chi connectivity index (χ1n) is 17.3. The molecule has 5 aromatic rings. The number of imidazole rings is 1. The number of carbonyl (C=O) groups is 1. The summed E-state index contributed by atoms with van der Waals surface area (Å²) in [6.45, 7) is 10.6. The van der Waals surface area contributed by atoms with Gasteiger partial charge in [0.2, 0.25) is 5.95 Å². The zero-order valence-electron chi connectivity index (χ0n) is 30.3. The second-order valence-corrected chi connectivity index (χ2v) is 16.0. The van der Waals surface area contributed by atoms with Gasteiger partial charge in [-0.2, -0.15) is 10.1 Å². The molecule has 0 amide bonds. The summed E-state index contributed by atoms with van der Waals surface area (Å²) < 4.78 is 54.1. The lowest BCUT2D eigenvalue weighted by Crippen LogP contribution is -2.43. The number of ether oxygens (including phenoxy) is 4. The average Bonchev–Trinajstić information content (AvgIpc) is 3.71. The number of aromatic amines is 1. The molecule has 15 nitrogen and oxygen atoms in total. The first-order valence-corrected chi connectivity index (χ1v) is 18.9. The maximum atomic E-state index is 15.0. The summed E-state index contributed by atoms with van der Waals surface area (Å²) in [6.07, 6.45) is -1.15. The fraction of sp³-hybridized carbons (Fsp3) is 0.405. The first-order chi connectivity index (χ1) is 25.2. The monoisotopic (exact) mass is 746 g/mol. The molecule has 2 fully saturated rings. The highest BCUT2D eigenvalue weighted by atomic mass is 31.2. The van der Waals surface area contributed by atoms with E-state index in [0.29, 0.717) is 5.39 Å². The Labute approximate surface area is 305 Å². The van der Waals surface area contributed by atoms with Crippen LogP contribution in [0.4, 0.5) is 5.95 Å². The second-order valence-electron chi connectivity index (χ2n) is 14.3. The van der Waals surface area contributed by atoms with Crippen molar-refractivity contribution >= 4 is 41.6 Å². The zero-order chi connectivity index (χ0) is 37.7. The van der Waals surface area contributed by atoms with Crippen LogP contribution in [0.2, 0.25) is 0 Å². The van der Waals surface area contributed by atoms with Crippen molar-refractivity contribution < 1.29 is 37.4 Å². The molecule has 2 aliphatic heterocycles. The molecule has 4 N–H and O–H groups in total. The zero-order valence-corrected chi connectivity index (χ0v) is 31.2. The maximum Gasteiger partial charge on any atom is 0.459 e. The van der Waals surface area contributed by atoms with Gasteiger partial charge < -0.3 is 29.2 Å². The van der Waals surface area contributed by atoms with Gasteiger partial charge in [-0.25, -0.2) is 9.55 Å². The van der Waals surface area contributed by atoms with E-state index in [4.69, 9.17) is 33.7 Å². The van der Waals surface area contributed by atoms with Gasteiger partial charge in [0.1, 0.15) is 36.2 Å². The Morgan fingerprint density at radius 1 is 1.09 bits per heavy atom. The van der Waals surface area contributed by atoms with Crippen molar-refractivity contribution in [1.82, 2.24) is 24.6 Å². The van der Waals surface area contributed by atoms with Crippen LogP contribution in [0, 0.1) is 12.8 Å². The summed E-state index contributed by atoms with van der Waals surface area (Å²) in [5.41, 5.74) is 6.28. The topological polar surface area (TPSA) is 191 Å². The first kappa shape index (κ1) is 36.7.